The van der Waals surface area contributed by atoms with Gasteiger partial charge in [-0.2, -0.15) is 0 Å². The molecule has 5 heteroatoms. The lowest BCUT2D eigenvalue weighted by atomic mass is 9.99. The van der Waals surface area contributed by atoms with Gasteiger partial charge in [0.25, 0.3) is 0 Å². The fourth-order valence-electron chi connectivity index (χ4n) is 7.34. The predicted octanol–water partition coefficient (Wildman–Crippen LogP) is 12.1. The maximum atomic E-state index is 6.72. The first-order valence-electron chi connectivity index (χ1n) is 16.3. The molecule has 0 bridgehead atoms. The van der Waals surface area contributed by atoms with Gasteiger partial charge in [-0.3, -0.25) is 0 Å². The molecule has 0 saturated heterocycles. The van der Waals surface area contributed by atoms with Gasteiger partial charge in [0.05, 0.1) is 5.30 Å². The fourth-order valence-corrected chi connectivity index (χ4v) is 12.4. The molecule has 0 spiro atoms. The molecule has 8 aromatic rings. The molecule has 4 heterocycles. The minimum atomic E-state index is -0.864. The van der Waals surface area contributed by atoms with Crippen molar-refractivity contribution in [3.8, 4) is 34.1 Å². The van der Waals surface area contributed by atoms with Crippen LogP contribution >= 0.6 is 30.6 Å². The molecular weight excluding hydrogens is 644 g/mol. The third kappa shape index (κ3) is 4.20. The number of rotatable bonds is 4. The first-order chi connectivity index (χ1) is 23.7. The predicted molar refractivity (Wildman–Crippen MR) is 208 cm³/mol. The normalized spacial score (nSPS) is 14.8. The minimum Gasteiger partial charge on any atom is -0.456 e. The molecule has 230 valence electrons. The maximum absolute atomic E-state index is 6.72. The van der Waals surface area contributed by atoms with E-state index in [1.165, 1.54) is 78.9 Å². The van der Waals surface area contributed by atoms with Gasteiger partial charge in [0, 0.05) is 48.3 Å². The Bertz CT molecular complexity index is 2640. The molecule has 2 aliphatic heterocycles. The summed E-state index contributed by atoms with van der Waals surface area (Å²) in [5.74, 6) is 3.67. The molecule has 10 rings (SSSR count). The molecular formula is C43H29O2PS2. The van der Waals surface area contributed by atoms with Crippen LogP contribution in [0.3, 0.4) is 0 Å². The SMILES string of the molecule is CC/C=C(/c1ccc2c(c1)Oc1cccc3c1P2c1ccc(-c2cccc4c2sc2ccccc24)cc1O3)c1sc2ccccc2c1C. The highest BCUT2D eigenvalue weighted by Gasteiger charge is 2.37. The van der Waals surface area contributed by atoms with Gasteiger partial charge < -0.3 is 9.47 Å². The Morgan fingerprint density at radius 2 is 1.31 bits per heavy atom. The lowest BCUT2D eigenvalue weighted by Gasteiger charge is -2.35. The zero-order valence-electron chi connectivity index (χ0n) is 26.4. The van der Waals surface area contributed by atoms with E-state index in [9.17, 15) is 0 Å². The van der Waals surface area contributed by atoms with Crippen LogP contribution in [0.25, 0.3) is 47.0 Å². The average Bonchev–Trinajstić information content (AvgIpc) is 3.67. The van der Waals surface area contributed by atoms with Crippen LogP contribution in [-0.2, 0) is 0 Å². The highest BCUT2D eigenvalue weighted by molar-refractivity contribution is 7.80. The molecule has 0 amide bonds. The second-order valence-corrected chi connectivity index (χ2v) is 16.6. The fraction of sp³-hybridized carbons (Fsp3) is 0.0698. The monoisotopic (exact) mass is 672 g/mol. The Morgan fingerprint density at radius 1 is 0.646 bits per heavy atom. The summed E-state index contributed by atoms with van der Waals surface area (Å²) in [4.78, 5) is 1.33. The van der Waals surface area contributed by atoms with Crippen molar-refractivity contribution in [3.63, 3.8) is 0 Å². The summed E-state index contributed by atoms with van der Waals surface area (Å²) in [6.07, 6.45) is 3.32. The van der Waals surface area contributed by atoms with Crippen molar-refractivity contribution in [1.82, 2.24) is 0 Å². The van der Waals surface area contributed by atoms with Crippen molar-refractivity contribution in [2.24, 2.45) is 0 Å². The largest absolute Gasteiger partial charge is 0.456 e. The van der Waals surface area contributed by atoms with Crippen molar-refractivity contribution in [1.29, 1.82) is 0 Å². The molecule has 0 saturated carbocycles. The number of hydrogen-bond acceptors (Lipinski definition) is 4. The first-order valence-corrected chi connectivity index (χ1v) is 19.3. The van der Waals surface area contributed by atoms with Gasteiger partial charge in [-0.05, 0) is 95.1 Å². The summed E-state index contributed by atoms with van der Waals surface area (Å²) in [7, 11) is -0.864. The summed E-state index contributed by atoms with van der Waals surface area (Å²) in [6.45, 7) is 4.47. The maximum Gasteiger partial charge on any atom is 0.139 e. The van der Waals surface area contributed by atoms with Crippen LogP contribution in [0.2, 0.25) is 0 Å². The van der Waals surface area contributed by atoms with Gasteiger partial charge in [0.15, 0.2) is 0 Å². The van der Waals surface area contributed by atoms with E-state index in [2.05, 4.69) is 135 Å². The Hall–Kier alpha value is -4.73. The number of hydrogen-bond donors (Lipinski definition) is 0. The van der Waals surface area contributed by atoms with Crippen LogP contribution in [0.4, 0.5) is 0 Å². The third-order valence-electron chi connectivity index (χ3n) is 9.55. The quantitative estimate of drug-likeness (QED) is 0.173. The van der Waals surface area contributed by atoms with Gasteiger partial charge in [-0.15, -0.1) is 22.7 Å². The Morgan fingerprint density at radius 3 is 2.08 bits per heavy atom. The molecule has 2 aromatic heterocycles. The van der Waals surface area contributed by atoms with Crippen LogP contribution in [0.15, 0.2) is 127 Å². The lowest BCUT2D eigenvalue weighted by molar-refractivity contribution is 0.466. The minimum absolute atomic E-state index is 0.864. The summed E-state index contributed by atoms with van der Waals surface area (Å²) in [6, 6.07) is 44.0. The van der Waals surface area contributed by atoms with Crippen molar-refractivity contribution in [3.05, 3.63) is 143 Å². The van der Waals surface area contributed by atoms with Crippen molar-refractivity contribution in [2.45, 2.75) is 20.3 Å². The number of fused-ring (bicyclic) bond motifs is 8. The van der Waals surface area contributed by atoms with Gasteiger partial charge in [-0.25, -0.2) is 0 Å². The number of allylic oxidation sites excluding steroid dienone is 1. The van der Waals surface area contributed by atoms with Crippen molar-refractivity contribution < 1.29 is 9.47 Å². The molecule has 0 aliphatic carbocycles. The molecule has 6 aromatic carbocycles. The summed E-state index contributed by atoms with van der Waals surface area (Å²) in [5, 5.41) is 7.60. The second-order valence-electron chi connectivity index (χ2n) is 12.4. The Kier molecular flexibility index (Phi) is 6.43. The standard InChI is InChI=1S/C43H29O2PS2/c1-3-10-29(42-25(2)28-11-4-6-17-39(28)47-42)26-19-21-37-35(23-26)44-33-15-9-16-34-41(33)46(37)38-22-20-27(24-36(38)45-34)30-13-8-14-32-31-12-5-7-18-40(31)48-43(30)32/h4-24H,3H2,1-2H3/b29-10-. The van der Waals surface area contributed by atoms with E-state index in [1.54, 1.807) is 0 Å². The number of ether oxygens (including phenoxy) is 2. The topological polar surface area (TPSA) is 18.5 Å². The van der Waals surface area contributed by atoms with Gasteiger partial charge >= 0.3 is 0 Å². The number of benzene rings is 6. The molecule has 0 N–H and O–H groups in total. The number of thiophene rings is 2. The van der Waals surface area contributed by atoms with Crippen LogP contribution in [-0.4, -0.2) is 0 Å². The average molecular weight is 673 g/mol. The van der Waals surface area contributed by atoms with Crippen LogP contribution < -0.4 is 25.4 Å². The highest BCUT2D eigenvalue weighted by atomic mass is 32.1. The van der Waals surface area contributed by atoms with Crippen LogP contribution in [0.5, 0.6) is 23.0 Å². The highest BCUT2D eigenvalue weighted by Crippen LogP contribution is 2.54. The smallest absolute Gasteiger partial charge is 0.139 e. The zero-order chi connectivity index (χ0) is 31.9. The molecule has 1 unspecified atom stereocenters. The van der Waals surface area contributed by atoms with E-state index in [-0.39, 0.29) is 0 Å². The summed E-state index contributed by atoms with van der Waals surface area (Å²) in [5.41, 5.74) is 6.24. The van der Waals surface area contributed by atoms with E-state index in [0.717, 1.165) is 29.4 Å². The van der Waals surface area contributed by atoms with E-state index < -0.39 is 7.92 Å². The summed E-state index contributed by atoms with van der Waals surface area (Å²) >= 11 is 3.75. The van der Waals surface area contributed by atoms with E-state index in [1.807, 2.05) is 28.7 Å². The molecule has 1 atom stereocenters. The van der Waals surface area contributed by atoms with Crippen LogP contribution in [0.1, 0.15) is 29.3 Å². The van der Waals surface area contributed by atoms with Crippen molar-refractivity contribution in [2.75, 3.05) is 0 Å². The van der Waals surface area contributed by atoms with Gasteiger partial charge in [0.2, 0.25) is 0 Å². The van der Waals surface area contributed by atoms with Gasteiger partial charge in [0.1, 0.15) is 23.0 Å². The Labute approximate surface area is 288 Å². The zero-order valence-corrected chi connectivity index (χ0v) is 28.9. The lowest BCUT2D eigenvalue weighted by Crippen LogP contribution is -2.31. The molecule has 0 radical (unpaired) electrons. The second kappa shape index (κ2) is 10.9. The van der Waals surface area contributed by atoms with E-state index in [0.29, 0.717) is 0 Å². The third-order valence-corrected chi connectivity index (χ3v) is 14.7. The molecule has 2 aliphatic rings. The van der Waals surface area contributed by atoms with Crippen molar-refractivity contribution >= 4 is 82.3 Å². The Balaban J connectivity index is 1.10. The molecule has 2 nitrogen and oxygen atoms in total. The summed E-state index contributed by atoms with van der Waals surface area (Å²) < 4.78 is 17.4. The molecule has 0 fully saturated rings. The van der Waals surface area contributed by atoms with E-state index in [4.69, 9.17) is 9.47 Å². The van der Waals surface area contributed by atoms with Gasteiger partial charge in [-0.1, -0.05) is 85.8 Å². The number of aryl methyl sites for hydroxylation is 1. The first kappa shape index (κ1) is 28.3. The molecule has 48 heavy (non-hydrogen) atoms. The van der Waals surface area contributed by atoms with E-state index >= 15 is 0 Å². The van der Waals surface area contributed by atoms with Crippen LogP contribution in [0, 0.1) is 6.92 Å².